The molecule has 33 heavy (non-hydrogen) atoms. The Hall–Kier alpha value is -4.00. The largest absolute Gasteiger partial charge is 0.493 e. The Morgan fingerprint density at radius 1 is 0.909 bits per heavy atom. The van der Waals surface area contributed by atoms with E-state index >= 15 is 0 Å². The van der Waals surface area contributed by atoms with Crippen LogP contribution in [-0.4, -0.2) is 39.4 Å². The zero-order valence-corrected chi connectivity index (χ0v) is 19.2. The third-order valence-electron chi connectivity index (χ3n) is 6.23. The second-order valence-corrected chi connectivity index (χ2v) is 8.25. The molecule has 0 bridgehead atoms. The molecule has 0 atom stereocenters. The fourth-order valence-electron chi connectivity index (χ4n) is 4.28. The molecule has 0 saturated carbocycles. The minimum Gasteiger partial charge on any atom is -0.493 e. The van der Waals surface area contributed by atoms with Crippen molar-refractivity contribution in [2.24, 2.45) is 0 Å². The van der Waals surface area contributed by atoms with Crippen LogP contribution < -0.4 is 9.47 Å². The van der Waals surface area contributed by atoms with Gasteiger partial charge in [-0.2, -0.15) is 5.10 Å². The molecular formula is C26H26N4O3. The maximum atomic E-state index is 13.3. The molecule has 4 aromatic rings. The quantitative estimate of drug-likeness (QED) is 0.458. The molecule has 0 spiro atoms. The van der Waals surface area contributed by atoms with Crippen LogP contribution in [0.1, 0.15) is 32.7 Å². The summed E-state index contributed by atoms with van der Waals surface area (Å²) in [6, 6.07) is 15.6. The average molecular weight is 443 g/mol. The Bertz CT molecular complexity index is 1340. The Morgan fingerprint density at radius 3 is 2.36 bits per heavy atom. The first-order chi connectivity index (χ1) is 16.0. The van der Waals surface area contributed by atoms with E-state index in [0.717, 1.165) is 22.8 Å². The lowest BCUT2D eigenvalue weighted by atomic mass is 10.1. The van der Waals surface area contributed by atoms with Gasteiger partial charge in [-0.1, -0.05) is 6.07 Å². The van der Waals surface area contributed by atoms with Crippen molar-refractivity contribution in [2.45, 2.75) is 26.9 Å². The molecule has 1 amide bonds. The number of aromatic nitrogens is 3. The van der Waals surface area contributed by atoms with Gasteiger partial charge in [0.1, 0.15) is 5.82 Å². The number of ether oxygens (including phenoxy) is 2. The number of rotatable bonds is 5. The fourth-order valence-corrected chi connectivity index (χ4v) is 4.28. The van der Waals surface area contributed by atoms with Crippen LogP contribution in [0.25, 0.3) is 11.5 Å². The van der Waals surface area contributed by atoms with Crippen LogP contribution in [-0.2, 0) is 13.1 Å². The van der Waals surface area contributed by atoms with Gasteiger partial charge in [0.2, 0.25) is 0 Å². The second-order valence-electron chi connectivity index (χ2n) is 8.25. The highest BCUT2D eigenvalue weighted by atomic mass is 16.5. The predicted octanol–water partition coefficient (Wildman–Crippen LogP) is 4.45. The summed E-state index contributed by atoms with van der Waals surface area (Å²) in [5.41, 5.74) is 5.99. The lowest BCUT2D eigenvalue weighted by Crippen LogP contribution is -2.26. The summed E-state index contributed by atoms with van der Waals surface area (Å²) in [4.78, 5) is 15.1. The molecule has 0 aliphatic carbocycles. The summed E-state index contributed by atoms with van der Waals surface area (Å²) >= 11 is 0. The molecule has 7 nitrogen and oxygen atoms in total. The van der Waals surface area contributed by atoms with Crippen molar-refractivity contribution in [3.05, 3.63) is 88.9 Å². The zero-order chi connectivity index (χ0) is 23.1. The normalized spacial score (nSPS) is 12.7. The molecule has 1 aliphatic rings. The predicted molar refractivity (Wildman–Crippen MR) is 125 cm³/mol. The number of benzene rings is 2. The van der Waals surface area contributed by atoms with E-state index < -0.39 is 0 Å². The van der Waals surface area contributed by atoms with Crippen LogP contribution in [0, 0.1) is 13.8 Å². The summed E-state index contributed by atoms with van der Waals surface area (Å²) < 4.78 is 14.7. The van der Waals surface area contributed by atoms with Gasteiger partial charge in [-0.25, -0.2) is 4.68 Å². The summed E-state index contributed by atoms with van der Waals surface area (Å²) in [5.74, 6) is 2.03. The van der Waals surface area contributed by atoms with E-state index in [2.05, 4.69) is 36.6 Å². The van der Waals surface area contributed by atoms with E-state index in [4.69, 9.17) is 14.6 Å². The van der Waals surface area contributed by atoms with Crippen molar-refractivity contribution in [1.29, 1.82) is 0 Å². The molecule has 2 aromatic carbocycles. The van der Waals surface area contributed by atoms with Gasteiger partial charge in [-0.15, -0.1) is 0 Å². The number of amides is 1. The molecule has 0 radical (unpaired) electrons. The smallest absolute Gasteiger partial charge is 0.254 e. The number of carbonyl (C=O) groups is 1. The van der Waals surface area contributed by atoms with Gasteiger partial charge in [-0.3, -0.25) is 4.79 Å². The zero-order valence-electron chi connectivity index (χ0n) is 19.2. The minimum atomic E-state index is -0.0647. The van der Waals surface area contributed by atoms with Crippen molar-refractivity contribution in [3.63, 3.8) is 0 Å². The van der Waals surface area contributed by atoms with Crippen molar-refractivity contribution >= 4 is 5.91 Å². The van der Waals surface area contributed by atoms with Crippen LogP contribution >= 0.6 is 0 Å². The van der Waals surface area contributed by atoms with Crippen molar-refractivity contribution in [3.8, 4) is 23.0 Å². The maximum absolute atomic E-state index is 13.3. The first-order valence-electron chi connectivity index (χ1n) is 10.8. The Kier molecular flexibility index (Phi) is 5.17. The van der Waals surface area contributed by atoms with Gasteiger partial charge < -0.3 is 18.9 Å². The Balaban J connectivity index is 1.51. The Morgan fingerprint density at radius 2 is 1.67 bits per heavy atom. The topological polar surface area (TPSA) is 61.5 Å². The number of aryl methyl sites for hydroxylation is 2. The van der Waals surface area contributed by atoms with Crippen LogP contribution in [0.4, 0.5) is 0 Å². The minimum absolute atomic E-state index is 0.0647. The van der Waals surface area contributed by atoms with Gasteiger partial charge in [0.25, 0.3) is 5.91 Å². The summed E-state index contributed by atoms with van der Waals surface area (Å²) in [6.07, 6.45) is 4.02. The monoisotopic (exact) mass is 442 g/mol. The summed E-state index contributed by atoms with van der Waals surface area (Å²) in [7, 11) is 3.15. The molecule has 0 unspecified atom stereocenters. The van der Waals surface area contributed by atoms with Crippen LogP contribution in [0.15, 0.2) is 60.9 Å². The molecule has 1 aliphatic heterocycles. The first kappa shape index (κ1) is 20.9. The highest BCUT2D eigenvalue weighted by Gasteiger charge is 2.32. The van der Waals surface area contributed by atoms with Crippen molar-refractivity contribution in [2.75, 3.05) is 14.2 Å². The highest BCUT2D eigenvalue weighted by Crippen LogP contribution is 2.33. The molecule has 2 aromatic heterocycles. The lowest BCUT2D eigenvalue weighted by Gasteiger charge is -2.18. The van der Waals surface area contributed by atoms with Gasteiger partial charge in [-0.05, 0) is 67.4 Å². The highest BCUT2D eigenvalue weighted by molar-refractivity contribution is 5.95. The SMILES string of the molecule is COc1ccc(C(=O)N2Cc3nn(-c4ccc(C)c(C)c4)c(-n4cccc4)c3C2)cc1OC. The van der Waals surface area contributed by atoms with Crippen LogP contribution in [0.2, 0.25) is 0 Å². The van der Waals surface area contributed by atoms with E-state index in [1.807, 2.05) is 34.1 Å². The lowest BCUT2D eigenvalue weighted by molar-refractivity contribution is 0.0749. The number of hydrogen-bond acceptors (Lipinski definition) is 4. The first-order valence-corrected chi connectivity index (χ1v) is 10.8. The van der Waals surface area contributed by atoms with Gasteiger partial charge in [0, 0.05) is 23.5 Å². The third kappa shape index (κ3) is 3.55. The van der Waals surface area contributed by atoms with Gasteiger partial charge >= 0.3 is 0 Å². The van der Waals surface area contributed by atoms with Crippen molar-refractivity contribution in [1.82, 2.24) is 19.2 Å². The van der Waals surface area contributed by atoms with Crippen LogP contribution in [0.3, 0.4) is 0 Å². The number of fused-ring (bicyclic) bond motifs is 1. The molecule has 3 heterocycles. The molecular weight excluding hydrogens is 416 g/mol. The van der Waals surface area contributed by atoms with Gasteiger partial charge in [0.15, 0.2) is 11.5 Å². The standard InChI is InChI=1S/C26H26N4O3/c1-17-7-9-20(13-18(17)2)30-25(28-11-5-6-12-28)21-15-29(16-22(21)27-30)26(31)19-8-10-23(32-3)24(14-19)33-4/h5-14H,15-16H2,1-4H3. The maximum Gasteiger partial charge on any atom is 0.254 e. The van der Waals surface area contributed by atoms with E-state index in [-0.39, 0.29) is 5.91 Å². The molecule has 168 valence electrons. The van der Waals surface area contributed by atoms with E-state index in [1.54, 1.807) is 32.4 Å². The number of carbonyl (C=O) groups excluding carboxylic acids is 1. The van der Waals surface area contributed by atoms with E-state index in [1.165, 1.54) is 11.1 Å². The van der Waals surface area contributed by atoms with E-state index in [9.17, 15) is 4.79 Å². The third-order valence-corrected chi connectivity index (χ3v) is 6.23. The molecule has 7 heteroatoms. The summed E-state index contributed by atoms with van der Waals surface area (Å²) in [5, 5.41) is 4.93. The van der Waals surface area contributed by atoms with Crippen molar-refractivity contribution < 1.29 is 14.3 Å². The molecule has 5 rings (SSSR count). The second kappa shape index (κ2) is 8.16. The van der Waals surface area contributed by atoms with Crippen LogP contribution in [0.5, 0.6) is 11.5 Å². The molecule has 0 N–H and O–H groups in total. The number of methoxy groups -OCH3 is 2. The summed E-state index contributed by atoms with van der Waals surface area (Å²) in [6.45, 7) is 5.15. The average Bonchev–Trinajstić information content (AvgIpc) is 3.56. The van der Waals surface area contributed by atoms with Gasteiger partial charge in [0.05, 0.1) is 38.7 Å². The van der Waals surface area contributed by atoms with E-state index in [0.29, 0.717) is 30.2 Å². The number of nitrogens with zero attached hydrogens (tertiary/aromatic N) is 4. The Labute approximate surface area is 192 Å². The molecule has 0 fully saturated rings. The fraction of sp³-hybridized carbons (Fsp3) is 0.231. The number of hydrogen-bond donors (Lipinski definition) is 0. The molecule has 0 saturated heterocycles.